The van der Waals surface area contributed by atoms with E-state index < -0.39 is 36.0 Å². The van der Waals surface area contributed by atoms with E-state index in [1.165, 1.54) is 0 Å². The van der Waals surface area contributed by atoms with Crippen molar-refractivity contribution in [2.75, 3.05) is 26.2 Å². The molecule has 0 atom stereocenters. The van der Waals surface area contributed by atoms with Gasteiger partial charge in [-0.25, -0.2) is 4.79 Å². The Hall–Kier alpha value is -4.68. The van der Waals surface area contributed by atoms with E-state index in [0.717, 1.165) is 84.1 Å². The fraction of sp³-hybridized carbons (Fsp3) is 0.417. The molecule has 5 N–H and O–H groups in total. The van der Waals surface area contributed by atoms with Crippen molar-refractivity contribution >= 4 is 35.4 Å². The van der Waals surface area contributed by atoms with Gasteiger partial charge in [-0.1, -0.05) is 35.9 Å². The molecule has 1 heterocycles. The van der Waals surface area contributed by atoms with Gasteiger partial charge < -0.3 is 35.8 Å². The molecular weight excluding hydrogens is 650 g/mol. The van der Waals surface area contributed by atoms with Gasteiger partial charge in [0.2, 0.25) is 11.8 Å². The van der Waals surface area contributed by atoms with Crippen molar-refractivity contribution in [3.05, 3.63) is 82.1 Å². The number of urea groups is 1. The fourth-order valence-corrected chi connectivity index (χ4v) is 5.72. The maximum Gasteiger partial charge on any atom is 0.322 e. The van der Waals surface area contributed by atoms with Gasteiger partial charge in [-0.15, -0.1) is 0 Å². The molecule has 0 radical (unpaired) electrons. The summed E-state index contributed by atoms with van der Waals surface area (Å²) in [5.74, 6) is -1.51. The highest BCUT2D eigenvalue weighted by atomic mass is 35.5. The first-order valence-corrected chi connectivity index (χ1v) is 16.9. The molecule has 0 spiro atoms. The molecule has 0 unspecified atom stereocenters. The molecule has 12 nitrogen and oxygen atoms in total. The predicted molar refractivity (Wildman–Crippen MR) is 183 cm³/mol. The number of carbonyl (C=O) groups is 4. The summed E-state index contributed by atoms with van der Waals surface area (Å²) in [5.41, 5.74) is 5.96. The number of hydrogen-bond donors (Lipinski definition) is 5. The Morgan fingerprint density at radius 1 is 0.918 bits per heavy atom. The number of aliphatic carboxylic acids is 1. The number of ether oxygens (including phenoxy) is 2. The van der Waals surface area contributed by atoms with Crippen LogP contribution in [0.15, 0.2) is 54.9 Å². The number of benzene rings is 2. The molecule has 13 heteroatoms. The molecule has 2 aliphatic rings. The van der Waals surface area contributed by atoms with Gasteiger partial charge in [0.25, 0.3) is 0 Å². The molecule has 0 bridgehead atoms. The number of nitrogens with one attached hydrogen (secondary N) is 4. The van der Waals surface area contributed by atoms with Gasteiger partial charge in [0.1, 0.15) is 12.3 Å². The smallest absolute Gasteiger partial charge is 0.322 e. The number of pyridine rings is 1. The first-order chi connectivity index (χ1) is 23.6. The van der Waals surface area contributed by atoms with E-state index in [1.54, 1.807) is 0 Å². The van der Waals surface area contributed by atoms with Gasteiger partial charge in [-0.3, -0.25) is 19.4 Å². The second kappa shape index (κ2) is 16.6. The zero-order chi connectivity index (χ0) is 34.8. The average molecular weight is 692 g/mol. The van der Waals surface area contributed by atoms with E-state index in [9.17, 15) is 19.2 Å². The Morgan fingerprint density at radius 3 is 2.39 bits per heavy atom. The average Bonchev–Trinajstić information content (AvgIpc) is 4.04. The Morgan fingerprint density at radius 2 is 1.65 bits per heavy atom. The highest BCUT2D eigenvalue weighted by molar-refractivity contribution is 6.31. The van der Waals surface area contributed by atoms with Gasteiger partial charge in [-0.2, -0.15) is 0 Å². The molecule has 1 aromatic heterocycles. The van der Waals surface area contributed by atoms with Crippen molar-refractivity contribution in [3.8, 4) is 16.9 Å². The molecule has 49 heavy (non-hydrogen) atoms. The normalized spacial score (nSPS) is 14.4. The van der Waals surface area contributed by atoms with Crippen LogP contribution < -0.4 is 26.0 Å². The third kappa shape index (κ3) is 10.4. The lowest BCUT2D eigenvalue weighted by molar-refractivity contribution is -0.137. The number of carboxylic acids is 1. The number of amides is 4. The second-order valence-electron chi connectivity index (χ2n) is 12.4. The van der Waals surface area contributed by atoms with Crippen molar-refractivity contribution in [2.24, 2.45) is 0 Å². The molecule has 2 fully saturated rings. The van der Waals surface area contributed by atoms with Gasteiger partial charge in [0.15, 0.2) is 0 Å². The SMILES string of the molecule is Cc1cc(COC2(c3cnccc3-c3ccccc3OC3CC3)CC2)c(Cl)cc1CCCCNC(=O)NCC(=O)NCC(=O)NCC(=O)O. The summed E-state index contributed by atoms with van der Waals surface area (Å²) < 4.78 is 12.8. The number of hydrogen-bond acceptors (Lipinski definition) is 7. The van der Waals surface area contributed by atoms with Crippen LogP contribution in [0, 0.1) is 6.92 Å². The molecule has 3 aromatic rings. The maximum absolute atomic E-state index is 12.0. The minimum atomic E-state index is -1.19. The molecular formula is C36H42ClN5O7. The number of aryl methyl sites for hydroxylation is 2. The lowest BCUT2D eigenvalue weighted by Crippen LogP contribution is -2.45. The van der Waals surface area contributed by atoms with Crippen LogP contribution >= 0.6 is 11.6 Å². The van der Waals surface area contributed by atoms with E-state index in [0.29, 0.717) is 24.3 Å². The topological polar surface area (TPSA) is 168 Å². The number of unbranched alkanes of at least 4 members (excludes halogenated alkanes) is 1. The number of carboxylic acid groups (broad SMARTS) is 1. The van der Waals surface area contributed by atoms with Crippen LogP contribution in [0.3, 0.4) is 0 Å². The fourth-order valence-electron chi connectivity index (χ4n) is 5.48. The predicted octanol–water partition coefficient (Wildman–Crippen LogP) is 4.40. The zero-order valence-electron chi connectivity index (χ0n) is 27.5. The molecule has 0 saturated heterocycles. The Labute approximate surface area is 290 Å². The summed E-state index contributed by atoms with van der Waals surface area (Å²) in [4.78, 5) is 50.2. The lowest BCUT2D eigenvalue weighted by Gasteiger charge is -2.22. The van der Waals surface area contributed by atoms with Crippen LogP contribution in [0.2, 0.25) is 5.02 Å². The lowest BCUT2D eigenvalue weighted by atomic mass is 9.96. The summed E-state index contributed by atoms with van der Waals surface area (Å²) >= 11 is 6.76. The van der Waals surface area contributed by atoms with Crippen LogP contribution in [0.4, 0.5) is 4.79 Å². The van der Waals surface area contributed by atoms with Gasteiger partial charge in [-0.05, 0) is 92.3 Å². The van der Waals surface area contributed by atoms with Crippen molar-refractivity contribution < 1.29 is 33.8 Å². The minimum absolute atomic E-state index is 0.297. The number of nitrogens with zero attached hydrogens (tertiary/aromatic N) is 1. The molecule has 0 aliphatic heterocycles. The van der Waals surface area contributed by atoms with Gasteiger partial charge in [0, 0.05) is 35.1 Å². The molecule has 260 valence electrons. The minimum Gasteiger partial charge on any atom is -0.490 e. The number of carbonyl (C=O) groups excluding carboxylic acids is 3. The quantitative estimate of drug-likeness (QED) is 0.122. The maximum atomic E-state index is 12.0. The van der Waals surface area contributed by atoms with Crippen LogP contribution in [-0.2, 0) is 37.7 Å². The number of para-hydroxylation sites is 1. The Kier molecular flexibility index (Phi) is 12.1. The summed E-state index contributed by atoms with van der Waals surface area (Å²) in [6.45, 7) is 1.61. The highest BCUT2D eigenvalue weighted by Crippen LogP contribution is 2.53. The van der Waals surface area contributed by atoms with E-state index in [1.807, 2.05) is 42.7 Å². The van der Waals surface area contributed by atoms with Crippen LogP contribution in [0.25, 0.3) is 11.1 Å². The van der Waals surface area contributed by atoms with Crippen molar-refractivity contribution in [3.63, 3.8) is 0 Å². The van der Waals surface area contributed by atoms with E-state index in [2.05, 4.69) is 45.3 Å². The number of rotatable bonds is 18. The first kappa shape index (κ1) is 35.6. The standard InChI is InChI=1S/C36H42ClN5O7/c1-23-16-25(22-48-36(12-13-36)29-18-38-15-11-27(29)28-7-2-3-8-31(28)49-26-9-10-26)30(37)17-24(23)6-4-5-14-39-35(47)42-20-33(44)40-19-32(43)41-21-34(45)46/h2-3,7-8,11,15-18,26H,4-6,9-10,12-14,19-22H2,1H3,(H,40,44)(H,41,43)(H,45,46)(H2,39,42,47). The first-order valence-electron chi connectivity index (χ1n) is 16.5. The molecule has 5 rings (SSSR count). The third-order valence-corrected chi connectivity index (χ3v) is 8.82. The van der Waals surface area contributed by atoms with Crippen LogP contribution in [-0.4, -0.2) is 66.2 Å². The van der Waals surface area contributed by atoms with Crippen LogP contribution in [0.1, 0.15) is 60.8 Å². The number of aromatic nitrogens is 1. The largest absolute Gasteiger partial charge is 0.490 e. The number of halogens is 1. The Balaban J connectivity index is 1.06. The van der Waals surface area contributed by atoms with Crippen molar-refractivity contribution in [1.29, 1.82) is 0 Å². The molecule has 4 amide bonds. The van der Waals surface area contributed by atoms with Crippen LogP contribution in [0.5, 0.6) is 5.75 Å². The monoisotopic (exact) mass is 691 g/mol. The summed E-state index contributed by atoms with van der Waals surface area (Å²) in [6, 6.07) is 13.8. The third-order valence-electron chi connectivity index (χ3n) is 8.47. The van der Waals surface area contributed by atoms with E-state index in [4.69, 9.17) is 26.2 Å². The summed E-state index contributed by atoms with van der Waals surface area (Å²) in [7, 11) is 0. The molecule has 2 aliphatic carbocycles. The summed E-state index contributed by atoms with van der Waals surface area (Å²) in [6.07, 6.45) is 10.3. The van der Waals surface area contributed by atoms with Crippen molar-refractivity contribution in [2.45, 2.75) is 70.2 Å². The summed E-state index contributed by atoms with van der Waals surface area (Å²) in [5, 5.41) is 18.7. The van der Waals surface area contributed by atoms with Gasteiger partial charge >= 0.3 is 12.0 Å². The zero-order valence-corrected chi connectivity index (χ0v) is 28.2. The Bertz CT molecular complexity index is 1680. The van der Waals surface area contributed by atoms with Gasteiger partial charge in [0.05, 0.1) is 31.4 Å². The molecule has 2 aromatic carbocycles. The second-order valence-corrected chi connectivity index (χ2v) is 12.8. The van der Waals surface area contributed by atoms with E-state index >= 15 is 0 Å². The molecule has 2 saturated carbocycles. The van der Waals surface area contributed by atoms with E-state index in [-0.39, 0.29) is 13.1 Å². The van der Waals surface area contributed by atoms with Crippen molar-refractivity contribution in [1.82, 2.24) is 26.3 Å². The highest BCUT2D eigenvalue weighted by Gasteiger charge is 2.47.